The molecule has 0 saturated heterocycles. The van der Waals surface area contributed by atoms with Gasteiger partial charge in [0.05, 0.1) is 21.8 Å². The molecule has 1 unspecified atom stereocenters. The van der Waals surface area contributed by atoms with Gasteiger partial charge in [-0.25, -0.2) is 9.78 Å². The molecular formula is C33H37N3O4S. The summed E-state index contributed by atoms with van der Waals surface area (Å²) in [7, 11) is 0. The number of carbonyl (C=O) groups excluding carboxylic acids is 2. The molecule has 0 spiro atoms. The first-order valence-electron chi connectivity index (χ1n) is 14.0. The van der Waals surface area contributed by atoms with Gasteiger partial charge in [0.15, 0.2) is 5.12 Å². The molecule has 1 atom stereocenters. The second-order valence-electron chi connectivity index (χ2n) is 10.8. The molecule has 0 saturated carbocycles. The zero-order chi connectivity index (χ0) is 29.7. The first-order valence-corrected chi connectivity index (χ1v) is 14.8. The van der Waals surface area contributed by atoms with E-state index in [9.17, 15) is 19.5 Å². The molecule has 0 bridgehead atoms. The Labute approximate surface area is 245 Å². The Morgan fingerprint density at radius 3 is 2.39 bits per heavy atom. The van der Waals surface area contributed by atoms with Crippen LogP contribution in [0.1, 0.15) is 67.8 Å². The molecule has 0 radical (unpaired) electrons. The summed E-state index contributed by atoms with van der Waals surface area (Å²) < 4.78 is 2.19. The van der Waals surface area contributed by atoms with Gasteiger partial charge in [0.1, 0.15) is 5.82 Å². The number of carbonyl (C=O) groups is 3. The maximum Gasteiger partial charge on any atom is 0.336 e. The summed E-state index contributed by atoms with van der Waals surface area (Å²) in [6, 6.07) is 18.8. The van der Waals surface area contributed by atoms with Crippen molar-refractivity contribution < 1.29 is 19.5 Å². The SMILES string of the molecule is CCCc1nc2c(C)cc(NC(=O)C(CC(C)C)SC(C)=O)cc2n1Cc1ccc(-c2ccccc2C(=O)O)cc1. The van der Waals surface area contributed by atoms with E-state index in [0.717, 1.165) is 58.2 Å². The number of nitrogens with one attached hydrogen (secondary N) is 1. The zero-order valence-corrected chi connectivity index (χ0v) is 25.0. The molecule has 3 aromatic carbocycles. The van der Waals surface area contributed by atoms with Crippen molar-refractivity contribution in [3.63, 3.8) is 0 Å². The average molecular weight is 572 g/mol. The summed E-state index contributed by atoms with van der Waals surface area (Å²) in [5.74, 6) is 0.130. The second kappa shape index (κ2) is 13.2. The van der Waals surface area contributed by atoms with E-state index in [1.54, 1.807) is 12.1 Å². The van der Waals surface area contributed by atoms with Gasteiger partial charge in [-0.2, -0.15) is 0 Å². The van der Waals surface area contributed by atoms with Crippen molar-refractivity contribution in [3.05, 3.63) is 83.2 Å². The van der Waals surface area contributed by atoms with Gasteiger partial charge >= 0.3 is 5.97 Å². The summed E-state index contributed by atoms with van der Waals surface area (Å²) >= 11 is 1.08. The second-order valence-corrected chi connectivity index (χ2v) is 12.2. The van der Waals surface area contributed by atoms with Crippen molar-refractivity contribution in [2.45, 2.75) is 65.7 Å². The highest BCUT2D eigenvalue weighted by molar-refractivity contribution is 8.14. The average Bonchev–Trinajstić information content (AvgIpc) is 3.25. The molecule has 8 heteroatoms. The van der Waals surface area contributed by atoms with Gasteiger partial charge in [-0.1, -0.05) is 75.0 Å². The van der Waals surface area contributed by atoms with Crippen molar-refractivity contribution in [1.29, 1.82) is 0 Å². The number of amides is 1. The van der Waals surface area contributed by atoms with Gasteiger partial charge < -0.3 is 15.0 Å². The predicted molar refractivity (Wildman–Crippen MR) is 167 cm³/mol. The number of thioether (sulfide) groups is 1. The number of aromatic nitrogens is 2. The van der Waals surface area contributed by atoms with E-state index in [2.05, 4.69) is 16.8 Å². The van der Waals surface area contributed by atoms with Crippen LogP contribution in [0.2, 0.25) is 0 Å². The first-order chi connectivity index (χ1) is 19.6. The highest BCUT2D eigenvalue weighted by atomic mass is 32.2. The fourth-order valence-electron chi connectivity index (χ4n) is 5.06. The van der Waals surface area contributed by atoms with E-state index < -0.39 is 11.2 Å². The lowest BCUT2D eigenvalue weighted by Crippen LogP contribution is -2.27. The topological polar surface area (TPSA) is 101 Å². The van der Waals surface area contributed by atoms with E-state index in [1.165, 1.54) is 6.92 Å². The smallest absolute Gasteiger partial charge is 0.336 e. The third-order valence-corrected chi connectivity index (χ3v) is 7.94. The van der Waals surface area contributed by atoms with Crippen molar-refractivity contribution >= 4 is 45.5 Å². The van der Waals surface area contributed by atoms with E-state index in [0.29, 0.717) is 24.2 Å². The van der Waals surface area contributed by atoms with Crippen LogP contribution in [0.15, 0.2) is 60.7 Å². The minimum atomic E-state index is -0.951. The molecule has 1 amide bonds. The van der Waals surface area contributed by atoms with Crippen molar-refractivity contribution in [1.82, 2.24) is 9.55 Å². The molecule has 0 fully saturated rings. The summed E-state index contributed by atoms with van der Waals surface area (Å²) in [4.78, 5) is 41.6. The number of rotatable bonds is 11. The Bertz CT molecular complexity index is 1570. The van der Waals surface area contributed by atoms with Gasteiger partial charge in [-0.15, -0.1) is 0 Å². The van der Waals surface area contributed by atoms with E-state index >= 15 is 0 Å². The number of anilines is 1. The van der Waals surface area contributed by atoms with Crippen LogP contribution in [-0.2, 0) is 22.6 Å². The molecule has 1 heterocycles. The van der Waals surface area contributed by atoms with Crippen LogP contribution < -0.4 is 5.32 Å². The van der Waals surface area contributed by atoms with Crippen LogP contribution in [0, 0.1) is 12.8 Å². The number of carboxylic acid groups (broad SMARTS) is 1. The quantitative estimate of drug-likeness (QED) is 0.195. The number of nitrogens with zero attached hydrogens (tertiary/aromatic N) is 2. The minimum Gasteiger partial charge on any atom is -0.478 e. The maximum absolute atomic E-state index is 13.2. The number of aryl methyl sites for hydroxylation is 2. The van der Waals surface area contributed by atoms with E-state index in [-0.39, 0.29) is 22.5 Å². The number of imidazole rings is 1. The van der Waals surface area contributed by atoms with Gasteiger partial charge in [-0.05, 0) is 66.1 Å². The number of hydrogen-bond acceptors (Lipinski definition) is 5. The standard InChI is InChI=1S/C33H37N3O4S/c1-6-9-30-35-31-21(4)17-25(34-32(38)29(16-20(2)3)41-22(5)37)18-28(31)36(30)19-23-12-14-24(15-13-23)26-10-7-8-11-27(26)33(39)40/h7-8,10-15,17-18,20,29H,6,9,16,19H2,1-5H3,(H,34,38)(H,39,40). The molecule has 4 aromatic rings. The fraction of sp³-hybridized carbons (Fsp3) is 0.333. The number of fused-ring (bicyclic) bond motifs is 1. The van der Waals surface area contributed by atoms with Crippen LogP contribution in [0.25, 0.3) is 22.2 Å². The van der Waals surface area contributed by atoms with Crippen LogP contribution in [0.4, 0.5) is 5.69 Å². The lowest BCUT2D eigenvalue weighted by molar-refractivity contribution is -0.116. The maximum atomic E-state index is 13.2. The third-order valence-electron chi connectivity index (χ3n) is 6.91. The molecular weight excluding hydrogens is 534 g/mol. The highest BCUT2D eigenvalue weighted by Crippen LogP contribution is 2.29. The van der Waals surface area contributed by atoms with Crippen LogP contribution in [0.3, 0.4) is 0 Å². The number of carboxylic acids is 1. The molecule has 2 N–H and O–H groups in total. The molecule has 0 aliphatic heterocycles. The summed E-state index contributed by atoms with van der Waals surface area (Å²) in [6.45, 7) is 10.3. The highest BCUT2D eigenvalue weighted by Gasteiger charge is 2.23. The van der Waals surface area contributed by atoms with Crippen molar-refractivity contribution in [2.75, 3.05) is 5.32 Å². The van der Waals surface area contributed by atoms with Gasteiger partial charge in [0.25, 0.3) is 0 Å². The van der Waals surface area contributed by atoms with Gasteiger partial charge in [0.2, 0.25) is 5.91 Å². The lowest BCUT2D eigenvalue weighted by Gasteiger charge is -2.17. The van der Waals surface area contributed by atoms with Crippen LogP contribution in [0.5, 0.6) is 0 Å². The molecule has 7 nitrogen and oxygen atoms in total. The number of aromatic carboxylic acids is 1. The monoisotopic (exact) mass is 571 g/mol. The Hall–Kier alpha value is -3.91. The minimum absolute atomic E-state index is 0.0721. The lowest BCUT2D eigenvalue weighted by atomic mass is 9.99. The molecule has 4 rings (SSSR count). The molecule has 214 valence electrons. The largest absolute Gasteiger partial charge is 0.478 e. The Balaban J connectivity index is 1.67. The Morgan fingerprint density at radius 1 is 1.05 bits per heavy atom. The van der Waals surface area contributed by atoms with E-state index in [4.69, 9.17) is 4.98 Å². The normalized spacial score (nSPS) is 12.0. The van der Waals surface area contributed by atoms with Gasteiger partial charge in [0, 0.05) is 25.6 Å². The Kier molecular flexibility index (Phi) is 9.65. The van der Waals surface area contributed by atoms with E-state index in [1.807, 2.05) is 69.3 Å². The van der Waals surface area contributed by atoms with Crippen LogP contribution >= 0.6 is 11.8 Å². The molecule has 0 aliphatic carbocycles. The zero-order valence-electron chi connectivity index (χ0n) is 24.2. The number of benzene rings is 3. The predicted octanol–water partition coefficient (Wildman–Crippen LogP) is 7.34. The van der Waals surface area contributed by atoms with Crippen LogP contribution in [-0.4, -0.2) is 36.9 Å². The third kappa shape index (κ3) is 7.24. The van der Waals surface area contributed by atoms with Crippen molar-refractivity contribution in [2.24, 2.45) is 5.92 Å². The Morgan fingerprint density at radius 2 is 1.76 bits per heavy atom. The van der Waals surface area contributed by atoms with Gasteiger partial charge in [-0.3, -0.25) is 9.59 Å². The van der Waals surface area contributed by atoms with Crippen molar-refractivity contribution in [3.8, 4) is 11.1 Å². The first kappa shape index (κ1) is 30.1. The summed E-state index contributed by atoms with van der Waals surface area (Å²) in [6.07, 6.45) is 2.37. The molecule has 41 heavy (non-hydrogen) atoms. The molecule has 0 aliphatic rings. The fourth-order valence-corrected chi connectivity index (χ4v) is 6.10. The number of hydrogen-bond donors (Lipinski definition) is 2. The summed E-state index contributed by atoms with van der Waals surface area (Å²) in [5, 5.41) is 12.1. The molecule has 1 aromatic heterocycles. The summed E-state index contributed by atoms with van der Waals surface area (Å²) in [5.41, 5.74) is 6.33.